The van der Waals surface area contributed by atoms with E-state index >= 15 is 0 Å². The fourth-order valence-electron chi connectivity index (χ4n) is 1.54. The monoisotopic (exact) mass is 319 g/mol. The number of hydrogen-bond donors (Lipinski definition) is 1. The molecule has 0 bridgehead atoms. The molecule has 2 heteroatoms. The number of phenols is 1. The summed E-state index contributed by atoms with van der Waals surface area (Å²) in [5, 5.41) is 9.25. The first-order valence-corrected chi connectivity index (χ1v) is 8.59. The average Bonchev–Trinajstić information content (AvgIpc) is 2.14. The molecule has 0 fully saturated rings. The maximum atomic E-state index is 9.25. The first-order valence-electron chi connectivity index (χ1n) is 5.19. The number of benzene rings is 1. The van der Waals surface area contributed by atoms with E-state index in [1.165, 1.54) is 12.0 Å². The molecule has 0 aliphatic rings. The molecule has 0 aliphatic heterocycles. The van der Waals surface area contributed by atoms with Gasteiger partial charge in [-0.2, -0.15) is 0 Å². The van der Waals surface area contributed by atoms with Crippen molar-refractivity contribution in [2.75, 3.05) is 4.93 Å². The number of rotatable bonds is 3. The molecule has 86 valence electrons. The summed E-state index contributed by atoms with van der Waals surface area (Å²) in [7, 11) is 0. The third kappa shape index (κ3) is 4.41. The number of hydrogen-bond acceptors (Lipinski definition) is 1. The number of halogens is 1. The van der Waals surface area contributed by atoms with Crippen LogP contribution in [0.25, 0.3) is 0 Å². The Kier molecular flexibility index (Phi) is 4.44. The SMILES string of the molecule is C[I-]C(CC(C)(C)C)c1ccc(O)cc1. The van der Waals surface area contributed by atoms with Crippen molar-refractivity contribution in [1.29, 1.82) is 0 Å². The van der Waals surface area contributed by atoms with Gasteiger partial charge in [0.2, 0.25) is 0 Å². The van der Waals surface area contributed by atoms with Crippen molar-refractivity contribution in [2.24, 2.45) is 5.41 Å². The molecule has 1 nitrogen and oxygen atoms in total. The second-order valence-electron chi connectivity index (χ2n) is 5.04. The molecular weight excluding hydrogens is 299 g/mol. The van der Waals surface area contributed by atoms with E-state index in [1.54, 1.807) is 12.1 Å². The molecule has 1 aromatic rings. The van der Waals surface area contributed by atoms with Gasteiger partial charge in [0, 0.05) is 0 Å². The van der Waals surface area contributed by atoms with Crippen molar-refractivity contribution in [3.05, 3.63) is 29.8 Å². The molecule has 0 radical (unpaired) electrons. The summed E-state index contributed by atoms with van der Waals surface area (Å²) in [6, 6.07) is 7.72. The summed E-state index contributed by atoms with van der Waals surface area (Å²) in [5.74, 6) is 0.363. The summed E-state index contributed by atoms with van der Waals surface area (Å²) in [6.45, 7) is 6.87. The van der Waals surface area contributed by atoms with Crippen LogP contribution in [0.2, 0.25) is 0 Å². The fourth-order valence-corrected chi connectivity index (χ4v) is 4.44. The first-order chi connectivity index (χ1) is 6.92. The van der Waals surface area contributed by atoms with Crippen molar-refractivity contribution in [3.63, 3.8) is 0 Å². The van der Waals surface area contributed by atoms with Crippen LogP contribution >= 0.6 is 0 Å². The Hall–Kier alpha value is -0.250. The van der Waals surface area contributed by atoms with Crippen LogP contribution in [0.4, 0.5) is 0 Å². The Labute approximate surface area is 103 Å². The molecule has 1 atom stereocenters. The van der Waals surface area contributed by atoms with E-state index < -0.39 is 0 Å². The van der Waals surface area contributed by atoms with E-state index in [-0.39, 0.29) is 21.2 Å². The molecule has 0 amide bonds. The van der Waals surface area contributed by atoms with Crippen LogP contribution in [0, 0.1) is 5.41 Å². The molecule has 15 heavy (non-hydrogen) atoms. The van der Waals surface area contributed by atoms with Crippen LogP contribution in [0.5, 0.6) is 5.75 Å². The second-order valence-corrected chi connectivity index (χ2v) is 7.79. The summed E-state index contributed by atoms with van der Waals surface area (Å²) < 4.78 is 0.712. The van der Waals surface area contributed by atoms with Gasteiger partial charge in [-0.3, -0.25) is 0 Å². The van der Waals surface area contributed by atoms with Gasteiger partial charge in [-0.25, -0.2) is 0 Å². The predicted molar refractivity (Wildman–Crippen MR) is 60.8 cm³/mol. The molecule has 0 heterocycles. The third-order valence-corrected chi connectivity index (χ3v) is 4.97. The van der Waals surface area contributed by atoms with Crippen molar-refractivity contribution in [1.82, 2.24) is 0 Å². The van der Waals surface area contributed by atoms with Gasteiger partial charge in [0.05, 0.1) is 0 Å². The quantitative estimate of drug-likeness (QED) is 0.639. The molecule has 0 saturated heterocycles. The minimum atomic E-state index is 0.205. The standard InChI is InChI=1S/C13H20IO/c1-13(2,3)9-12(14-4)10-5-7-11(15)8-6-10/h5-8,12,15H,9H2,1-4H3/q-1. The van der Waals surface area contributed by atoms with Gasteiger partial charge in [-0.15, -0.1) is 0 Å². The van der Waals surface area contributed by atoms with Gasteiger partial charge in [0.25, 0.3) is 0 Å². The Balaban J connectivity index is 2.79. The van der Waals surface area contributed by atoms with Crippen molar-refractivity contribution in [3.8, 4) is 5.75 Å². The summed E-state index contributed by atoms with van der Waals surface area (Å²) in [4.78, 5) is 2.34. The number of aromatic hydroxyl groups is 1. The van der Waals surface area contributed by atoms with Crippen LogP contribution in [0.1, 0.15) is 36.7 Å². The Morgan fingerprint density at radius 1 is 1.20 bits per heavy atom. The van der Waals surface area contributed by atoms with E-state index in [1.807, 2.05) is 0 Å². The molecule has 0 saturated carbocycles. The molecule has 0 aliphatic carbocycles. The molecular formula is C13H20IO-. The molecule has 1 aromatic carbocycles. The zero-order valence-corrected chi connectivity index (χ0v) is 12.1. The molecule has 1 rings (SSSR count). The van der Waals surface area contributed by atoms with Crippen LogP contribution in [-0.4, -0.2) is 10.0 Å². The topological polar surface area (TPSA) is 20.2 Å². The van der Waals surface area contributed by atoms with E-state index in [9.17, 15) is 5.11 Å². The van der Waals surface area contributed by atoms with E-state index in [0.717, 1.165) is 0 Å². The molecule has 0 spiro atoms. The summed E-state index contributed by atoms with van der Waals surface area (Å²) in [6.07, 6.45) is 1.24. The van der Waals surface area contributed by atoms with Crippen LogP contribution in [-0.2, 0) is 0 Å². The van der Waals surface area contributed by atoms with Gasteiger partial charge < -0.3 is 0 Å². The van der Waals surface area contributed by atoms with Gasteiger partial charge in [-0.05, 0) is 0 Å². The predicted octanol–water partition coefficient (Wildman–Crippen LogP) is 0.588. The Morgan fingerprint density at radius 3 is 2.13 bits per heavy atom. The minimum absolute atomic E-state index is 0.205. The van der Waals surface area contributed by atoms with Gasteiger partial charge in [0.15, 0.2) is 0 Å². The molecule has 1 N–H and O–H groups in total. The number of phenolic OH excluding ortho intramolecular Hbond substituents is 1. The fraction of sp³-hybridized carbons (Fsp3) is 0.538. The van der Waals surface area contributed by atoms with Crippen molar-refractivity contribution < 1.29 is 26.3 Å². The third-order valence-electron chi connectivity index (χ3n) is 2.31. The van der Waals surface area contributed by atoms with Crippen molar-refractivity contribution in [2.45, 2.75) is 31.1 Å². The van der Waals surface area contributed by atoms with E-state index in [2.05, 4.69) is 37.8 Å². The van der Waals surface area contributed by atoms with Gasteiger partial charge in [0.1, 0.15) is 0 Å². The second kappa shape index (κ2) is 5.19. The Morgan fingerprint density at radius 2 is 1.73 bits per heavy atom. The van der Waals surface area contributed by atoms with E-state index in [0.29, 0.717) is 15.1 Å². The normalized spacial score (nSPS) is 14.1. The van der Waals surface area contributed by atoms with Crippen LogP contribution in [0.15, 0.2) is 24.3 Å². The van der Waals surface area contributed by atoms with Crippen LogP contribution < -0.4 is 21.2 Å². The summed E-state index contributed by atoms with van der Waals surface area (Å²) in [5.41, 5.74) is 1.77. The van der Waals surface area contributed by atoms with E-state index in [4.69, 9.17) is 0 Å². The maximum absolute atomic E-state index is 9.25. The first kappa shape index (κ1) is 12.8. The molecule has 1 unspecified atom stereocenters. The average molecular weight is 319 g/mol. The van der Waals surface area contributed by atoms with Gasteiger partial charge in [-0.1, -0.05) is 0 Å². The Bertz CT molecular complexity index is 297. The van der Waals surface area contributed by atoms with Crippen LogP contribution in [0.3, 0.4) is 0 Å². The number of alkyl halides is 2. The zero-order valence-electron chi connectivity index (χ0n) is 9.92. The zero-order chi connectivity index (χ0) is 11.5. The van der Waals surface area contributed by atoms with Gasteiger partial charge >= 0.3 is 103 Å². The molecule has 0 aromatic heterocycles. The summed E-state index contributed by atoms with van der Waals surface area (Å²) >= 11 is 0.205. The van der Waals surface area contributed by atoms with Crippen molar-refractivity contribution >= 4 is 0 Å².